The maximum atomic E-state index is 12.3. The molecule has 1 aromatic carbocycles. The van der Waals surface area contributed by atoms with E-state index in [1.165, 1.54) is 6.20 Å². The lowest BCUT2D eigenvalue weighted by molar-refractivity contribution is 0.174. The van der Waals surface area contributed by atoms with Gasteiger partial charge in [0, 0.05) is 23.0 Å². The second-order valence-electron chi connectivity index (χ2n) is 6.04. The molecule has 0 saturated heterocycles. The van der Waals surface area contributed by atoms with Crippen molar-refractivity contribution in [3.63, 3.8) is 0 Å². The van der Waals surface area contributed by atoms with Gasteiger partial charge in [-0.2, -0.15) is 10.1 Å². The average molecular weight is 410 g/mol. The molecular weight excluding hydrogens is 393 g/mol. The molecule has 3 rings (SSSR count). The number of nitrogens with zero attached hydrogens (tertiary/aromatic N) is 4. The van der Waals surface area contributed by atoms with Crippen molar-refractivity contribution in [1.82, 2.24) is 19.9 Å². The lowest BCUT2D eigenvalue weighted by Crippen LogP contribution is -2.26. The smallest absolute Gasteiger partial charge is 0.286 e. The first-order valence-electron chi connectivity index (χ1n) is 8.11. The number of hydrogen-bond acceptors (Lipinski definition) is 7. The summed E-state index contributed by atoms with van der Waals surface area (Å²) in [5.74, 6) is 0.478. The van der Waals surface area contributed by atoms with Crippen molar-refractivity contribution in [2.24, 2.45) is 5.73 Å². The second kappa shape index (κ2) is 8.18. The Morgan fingerprint density at radius 1 is 1.30 bits per heavy atom. The highest BCUT2D eigenvalue weighted by atomic mass is 35.5. The molecule has 0 amide bonds. The lowest BCUT2D eigenvalue weighted by atomic mass is 10.1. The van der Waals surface area contributed by atoms with Gasteiger partial charge in [-0.1, -0.05) is 40.5 Å². The van der Waals surface area contributed by atoms with Gasteiger partial charge in [0.05, 0.1) is 12.3 Å². The molecule has 0 spiro atoms. The minimum absolute atomic E-state index is 0.0119. The Kier molecular flexibility index (Phi) is 5.91. The van der Waals surface area contributed by atoms with Gasteiger partial charge in [0.1, 0.15) is 11.6 Å². The zero-order chi connectivity index (χ0) is 19.6. The maximum Gasteiger partial charge on any atom is 0.286 e. The monoisotopic (exact) mass is 409 g/mol. The third kappa shape index (κ3) is 4.54. The van der Waals surface area contributed by atoms with Crippen LogP contribution in [0.5, 0.6) is 0 Å². The van der Waals surface area contributed by atoms with Crippen molar-refractivity contribution in [3.8, 4) is 0 Å². The number of aliphatic hydroxyl groups is 1. The SMILES string of the molecule is C[C@H](N)c1cnn(Cc2nc(C[C@H](O)c3ccc(Cl)cc3)no2)c(=O)c1Cl. The molecule has 8 nitrogen and oxygen atoms in total. The molecule has 3 N–H and O–H groups in total. The zero-order valence-electron chi connectivity index (χ0n) is 14.3. The zero-order valence-corrected chi connectivity index (χ0v) is 15.9. The molecule has 27 heavy (non-hydrogen) atoms. The van der Waals surface area contributed by atoms with Gasteiger partial charge in [-0.25, -0.2) is 4.68 Å². The Morgan fingerprint density at radius 2 is 2.00 bits per heavy atom. The van der Waals surface area contributed by atoms with Crippen LogP contribution in [-0.4, -0.2) is 25.0 Å². The van der Waals surface area contributed by atoms with Crippen molar-refractivity contribution < 1.29 is 9.63 Å². The number of aromatic nitrogens is 4. The standard InChI is InChI=1S/C17H17Cl2N5O3/c1-9(20)12-7-21-24(17(26)16(12)19)8-15-22-14(23-27-15)6-13(25)10-2-4-11(18)5-3-10/h2-5,7,9,13,25H,6,8,20H2,1H3/t9-,13-/m0/s1. The fourth-order valence-corrected chi connectivity index (χ4v) is 2.89. The molecule has 3 aromatic rings. The lowest BCUT2D eigenvalue weighted by Gasteiger charge is -2.09. The molecule has 142 valence electrons. The molecule has 2 atom stereocenters. The molecule has 0 radical (unpaired) electrons. The van der Waals surface area contributed by atoms with Crippen LogP contribution in [-0.2, 0) is 13.0 Å². The summed E-state index contributed by atoms with van der Waals surface area (Å²) in [6.45, 7) is 1.67. The molecule has 10 heteroatoms. The van der Waals surface area contributed by atoms with E-state index >= 15 is 0 Å². The summed E-state index contributed by atoms with van der Waals surface area (Å²) in [5, 5.41) is 18.7. The number of hydrogen-bond donors (Lipinski definition) is 2. The molecule has 0 unspecified atom stereocenters. The number of nitrogens with two attached hydrogens (primary N) is 1. The van der Waals surface area contributed by atoms with Gasteiger partial charge < -0.3 is 15.4 Å². The first kappa shape index (κ1) is 19.5. The van der Waals surface area contributed by atoms with Gasteiger partial charge in [0.25, 0.3) is 5.56 Å². The van der Waals surface area contributed by atoms with Crippen LogP contribution in [0.3, 0.4) is 0 Å². The molecule has 2 aromatic heterocycles. The second-order valence-corrected chi connectivity index (χ2v) is 6.86. The Bertz CT molecular complexity index is 985. The number of aliphatic hydroxyl groups excluding tert-OH is 1. The molecule has 0 aliphatic rings. The molecule has 0 bridgehead atoms. The Hall–Kier alpha value is -2.26. The van der Waals surface area contributed by atoms with E-state index in [1.54, 1.807) is 31.2 Å². The van der Waals surface area contributed by atoms with Crippen LogP contribution in [0.2, 0.25) is 10.0 Å². The van der Waals surface area contributed by atoms with Crippen LogP contribution in [0.25, 0.3) is 0 Å². The largest absolute Gasteiger partial charge is 0.388 e. The predicted octanol–water partition coefficient (Wildman–Crippen LogP) is 2.28. The average Bonchev–Trinajstić information content (AvgIpc) is 3.06. The van der Waals surface area contributed by atoms with Gasteiger partial charge in [-0.05, 0) is 24.6 Å². The molecule has 0 fully saturated rings. The van der Waals surface area contributed by atoms with E-state index in [-0.39, 0.29) is 23.9 Å². The van der Waals surface area contributed by atoms with Gasteiger partial charge in [-0.3, -0.25) is 4.79 Å². The first-order valence-corrected chi connectivity index (χ1v) is 8.87. The van der Waals surface area contributed by atoms with Crippen LogP contribution in [0.15, 0.2) is 39.8 Å². The molecule has 2 heterocycles. The summed E-state index contributed by atoms with van der Waals surface area (Å²) in [6, 6.07) is 6.42. The van der Waals surface area contributed by atoms with Crippen molar-refractivity contribution in [2.75, 3.05) is 0 Å². The highest BCUT2D eigenvalue weighted by Gasteiger charge is 2.17. The Balaban J connectivity index is 1.72. The maximum absolute atomic E-state index is 12.3. The van der Waals surface area contributed by atoms with Gasteiger partial charge in [0.15, 0.2) is 5.82 Å². The summed E-state index contributed by atoms with van der Waals surface area (Å²) in [5.41, 5.74) is 6.40. The summed E-state index contributed by atoms with van der Waals surface area (Å²) < 4.78 is 6.25. The predicted molar refractivity (Wildman–Crippen MR) is 99.6 cm³/mol. The van der Waals surface area contributed by atoms with E-state index in [0.29, 0.717) is 22.0 Å². The topological polar surface area (TPSA) is 120 Å². The number of halogens is 2. The van der Waals surface area contributed by atoms with E-state index < -0.39 is 17.7 Å². The van der Waals surface area contributed by atoms with Crippen molar-refractivity contribution >= 4 is 23.2 Å². The number of benzene rings is 1. The molecule has 0 saturated carbocycles. The summed E-state index contributed by atoms with van der Waals surface area (Å²) >= 11 is 11.9. The van der Waals surface area contributed by atoms with Crippen LogP contribution >= 0.6 is 23.2 Å². The summed E-state index contributed by atoms with van der Waals surface area (Å²) in [4.78, 5) is 16.5. The normalized spacial score (nSPS) is 13.5. The van der Waals surface area contributed by atoms with E-state index in [1.807, 2.05) is 0 Å². The minimum atomic E-state index is -0.812. The third-order valence-electron chi connectivity index (χ3n) is 3.93. The first-order chi connectivity index (χ1) is 12.8. The van der Waals surface area contributed by atoms with E-state index in [0.717, 1.165) is 4.68 Å². The fraction of sp³-hybridized carbons (Fsp3) is 0.294. The van der Waals surface area contributed by atoms with Crippen molar-refractivity contribution in [2.45, 2.75) is 32.0 Å². The van der Waals surface area contributed by atoms with Crippen molar-refractivity contribution in [1.29, 1.82) is 0 Å². The minimum Gasteiger partial charge on any atom is -0.388 e. The molecule has 0 aliphatic carbocycles. The quantitative estimate of drug-likeness (QED) is 0.640. The summed E-state index contributed by atoms with van der Waals surface area (Å²) in [6.07, 6.45) is 0.779. The van der Waals surface area contributed by atoms with E-state index in [9.17, 15) is 9.90 Å². The number of rotatable bonds is 6. The highest BCUT2D eigenvalue weighted by Crippen LogP contribution is 2.19. The summed E-state index contributed by atoms with van der Waals surface area (Å²) in [7, 11) is 0. The van der Waals surface area contributed by atoms with Crippen LogP contribution in [0.4, 0.5) is 0 Å². The molecular formula is C17H17Cl2N5O3. The highest BCUT2D eigenvalue weighted by molar-refractivity contribution is 6.31. The van der Waals surface area contributed by atoms with Crippen LogP contribution < -0.4 is 11.3 Å². The Labute approximate surface area is 164 Å². The van der Waals surface area contributed by atoms with Crippen LogP contribution in [0, 0.1) is 0 Å². The van der Waals surface area contributed by atoms with E-state index in [2.05, 4.69) is 15.2 Å². The van der Waals surface area contributed by atoms with Gasteiger partial charge >= 0.3 is 0 Å². The molecule has 0 aliphatic heterocycles. The van der Waals surface area contributed by atoms with E-state index in [4.69, 9.17) is 33.5 Å². The van der Waals surface area contributed by atoms with Crippen molar-refractivity contribution in [3.05, 3.63) is 73.7 Å². The fourth-order valence-electron chi connectivity index (χ4n) is 2.45. The third-order valence-corrected chi connectivity index (χ3v) is 4.56. The Morgan fingerprint density at radius 3 is 2.67 bits per heavy atom. The van der Waals surface area contributed by atoms with Crippen LogP contribution in [0.1, 0.15) is 41.9 Å². The van der Waals surface area contributed by atoms with Gasteiger partial charge in [0.2, 0.25) is 5.89 Å². The van der Waals surface area contributed by atoms with Gasteiger partial charge in [-0.15, -0.1) is 0 Å².